The van der Waals surface area contributed by atoms with Crippen molar-refractivity contribution in [2.24, 2.45) is 5.92 Å². The quantitative estimate of drug-likeness (QED) is 0.843. The van der Waals surface area contributed by atoms with E-state index < -0.39 is 0 Å². The minimum atomic E-state index is 0.0607. The Morgan fingerprint density at radius 1 is 1.58 bits per heavy atom. The maximum atomic E-state index is 12.5. The molecule has 0 aliphatic carbocycles. The number of aromatic nitrogens is 1. The Bertz CT molecular complexity index is 442. The average molecular weight is 265 g/mol. The van der Waals surface area contributed by atoms with E-state index in [1.165, 1.54) is 0 Å². The van der Waals surface area contributed by atoms with Crippen LogP contribution in [0.25, 0.3) is 0 Å². The SMILES string of the molecule is CCCn1cc(N)cc1C(=O)N1CCC(CCO)C1. The summed E-state index contributed by atoms with van der Waals surface area (Å²) in [4.78, 5) is 14.4. The zero-order chi connectivity index (χ0) is 13.8. The van der Waals surface area contributed by atoms with E-state index in [-0.39, 0.29) is 12.5 Å². The monoisotopic (exact) mass is 265 g/mol. The topological polar surface area (TPSA) is 71.5 Å². The van der Waals surface area contributed by atoms with Crippen molar-refractivity contribution in [2.75, 3.05) is 25.4 Å². The first kappa shape index (κ1) is 13.9. The first-order valence-electron chi connectivity index (χ1n) is 7.01. The van der Waals surface area contributed by atoms with Crippen molar-refractivity contribution in [2.45, 2.75) is 32.7 Å². The molecule has 1 atom stereocenters. The molecule has 19 heavy (non-hydrogen) atoms. The number of nitrogens with zero attached hydrogens (tertiary/aromatic N) is 2. The summed E-state index contributed by atoms with van der Waals surface area (Å²) in [6.45, 7) is 4.62. The highest BCUT2D eigenvalue weighted by Gasteiger charge is 2.28. The Labute approximate surface area is 114 Å². The highest BCUT2D eigenvalue weighted by molar-refractivity contribution is 5.94. The van der Waals surface area contributed by atoms with Gasteiger partial charge in [-0.1, -0.05) is 6.92 Å². The molecule has 1 amide bonds. The summed E-state index contributed by atoms with van der Waals surface area (Å²) in [6.07, 6.45) is 4.57. The number of amides is 1. The van der Waals surface area contributed by atoms with Crippen molar-refractivity contribution >= 4 is 11.6 Å². The van der Waals surface area contributed by atoms with Crippen LogP contribution in [0, 0.1) is 5.92 Å². The molecule has 0 bridgehead atoms. The average Bonchev–Trinajstić information content (AvgIpc) is 2.97. The summed E-state index contributed by atoms with van der Waals surface area (Å²) in [5.41, 5.74) is 7.12. The van der Waals surface area contributed by atoms with E-state index in [0.29, 0.717) is 17.3 Å². The molecule has 1 aromatic rings. The van der Waals surface area contributed by atoms with Gasteiger partial charge >= 0.3 is 0 Å². The van der Waals surface area contributed by atoms with Crippen LogP contribution in [0.2, 0.25) is 0 Å². The number of nitrogen functional groups attached to an aromatic ring is 1. The third kappa shape index (κ3) is 3.10. The summed E-state index contributed by atoms with van der Waals surface area (Å²) in [7, 11) is 0. The predicted octanol–water partition coefficient (Wildman–Crippen LogP) is 1.32. The summed E-state index contributed by atoms with van der Waals surface area (Å²) >= 11 is 0. The van der Waals surface area contributed by atoms with E-state index in [4.69, 9.17) is 10.8 Å². The van der Waals surface area contributed by atoms with Crippen LogP contribution in [0.15, 0.2) is 12.3 Å². The number of hydrogen-bond acceptors (Lipinski definition) is 3. The smallest absolute Gasteiger partial charge is 0.270 e. The molecule has 0 radical (unpaired) electrons. The van der Waals surface area contributed by atoms with Crippen molar-refractivity contribution < 1.29 is 9.90 Å². The van der Waals surface area contributed by atoms with Gasteiger partial charge in [-0.3, -0.25) is 4.79 Å². The van der Waals surface area contributed by atoms with Crippen LogP contribution in [0.3, 0.4) is 0 Å². The molecule has 1 aliphatic rings. The van der Waals surface area contributed by atoms with Crippen LogP contribution in [0.4, 0.5) is 5.69 Å². The molecule has 3 N–H and O–H groups in total. The fraction of sp³-hybridized carbons (Fsp3) is 0.643. The fourth-order valence-corrected chi connectivity index (χ4v) is 2.74. The van der Waals surface area contributed by atoms with Gasteiger partial charge in [0.1, 0.15) is 5.69 Å². The molecule has 5 nitrogen and oxygen atoms in total. The van der Waals surface area contributed by atoms with Crippen molar-refractivity contribution in [3.63, 3.8) is 0 Å². The van der Waals surface area contributed by atoms with Crippen molar-refractivity contribution in [1.82, 2.24) is 9.47 Å². The second-order valence-corrected chi connectivity index (χ2v) is 5.27. The number of anilines is 1. The molecule has 0 saturated carbocycles. The lowest BCUT2D eigenvalue weighted by Gasteiger charge is -2.17. The molecule has 0 spiro atoms. The van der Waals surface area contributed by atoms with Gasteiger partial charge in [0, 0.05) is 32.4 Å². The Morgan fingerprint density at radius 2 is 2.37 bits per heavy atom. The van der Waals surface area contributed by atoms with E-state index in [9.17, 15) is 4.79 Å². The van der Waals surface area contributed by atoms with Gasteiger partial charge in [-0.15, -0.1) is 0 Å². The molecule has 1 aromatic heterocycles. The first-order valence-corrected chi connectivity index (χ1v) is 7.01. The first-order chi connectivity index (χ1) is 9.15. The minimum absolute atomic E-state index is 0.0607. The van der Waals surface area contributed by atoms with E-state index in [0.717, 1.165) is 38.9 Å². The number of rotatable bonds is 5. The zero-order valence-corrected chi connectivity index (χ0v) is 11.5. The van der Waals surface area contributed by atoms with Gasteiger partial charge < -0.3 is 20.3 Å². The fourth-order valence-electron chi connectivity index (χ4n) is 2.74. The highest BCUT2D eigenvalue weighted by atomic mass is 16.3. The lowest BCUT2D eigenvalue weighted by molar-refractivity contribution is 0.0774. The van der Waals surface area contributed by atoms with E-state index in [1.807, 2.05) is 15.7 Å². The molecule has 2 rings (SSSR count). The van der Waals surface area contributed by atoms with Crippen molar-refractivity contribution in [3.05, 3.63) is 18.0 Å². The third-order valence-electron chi connectivity index (χ3n) is 3.71. The standard InChI is InChI=1S/C14H23N3O2/c1-2-5-16-10-12(15)8-13(16)14(19)17-6-3-11(9-17)4-7-18/h8,10-11,18H,2-7,9,15H2,1H3. The van der Waals surface area contributed by atoms with Crippen LogP contribution in [0.1, 0.15) is 36.7 Å². The lowest BCUT2D eigenvalue weighted by atomic mass is 10.1. The molecule has 2 heterocycles. The van der Waals surface area contributed by atoms with Gasteiger partial charge in [-0.25, -0.2) is 0 Å². The largest absolute Gasteiger partial charge is 0.397 e. The minimum Gasteiger partial charge on any atom is -0.397 e. The Hall–Kier alpha value is -1.49. The predicted molar refractivity (Wildman–Crippen MR) is 74.8 cm³/mol. The van der Waals surface area contributed by atoms with Gasteiger partial charge in [-0.05, 0) is 31.2 Å². The number of carbonyl (C=O) groups is 1. The summed E-state index contributed by atoms with van der Waals surface area (Å²) in [6, 6.07) is 1.76. The highest BCUT2D eigenvalue weighted by Crippen LogP contribution is 2.22. The van der Waals surface area contributed by atoms with Crippen molar-refractivity contribution in [3.8, 4) is 0 Å². The maximum Gasteiger partial charge on any atom is 0.270 e. The molecule has 106 valence electrons. The molecular weight excluding hydrogens is 242 g/mol. The van der Waals surface area contributed by atoms with E-state index >= 15 is 0 Å². The van der Waals surface area contributed by atoms with Crippen LogP contribution < -0.4 is 5.73 Å². The van der Waals surface area contributed by atoms with Crippen LogP contribution in [-0.2, 0) is 6.54 Å². The number of aryl methyl sites for hydroxylation is 1. The number of aliphatic hydroxyl groups excluding tert-OH is 1. The zero-order valence-electron chi connectivity index (χ0n) is 11.5. The van der Waals surface area contributed by atoms with Crippen LogP contribution in [-0.4, -0.2) is 40.2 Å². The van der Waals surface area contributed by atoms with Gasteiger partial charge in [0.2, 0.25) is 0 Å². The molecular formula is C14H23N3O2. The Balaban J connectivity index is 2.07. The van der Waals surface area contributed by atoms with E-state index in [1.54, 1.807) is 6.07 Å². The molecule has 1 fully saturated rings. The van der Waals surface area contributed by atoms with E-state index in [2.05, 4.69) is 6.92 Å². The maximum absolute atomic E-state index is 12.5. The Kier molecular flexibility index (Phi) is 4.47. The van der Waals surface area contributed by atoms with Crippen molar-refractivity contribution in [1.29, 1.82) is 0 Å². The summed E-state index contributed by atoms with van der Waals surface area (Å²) < 4.78 is 1.94. The van der Waals surface area contributed by atoms with Gasteiger partial charge in [0.25, 0.3) is 5.91 Å². The normalized spacial score (nSPS) is 19.1. The third-order valence-corrected chi connectivity index (χ3v) is 3.71. The second kappa shape index (κ2) is 6.10. The molecule has 1 saturated heterocycles. The number of carbonyl (C=O) groups excluding carboxylic acids is 1. The van der Waals surface area contributed by atoms with Gasteiger partial charge in [-0.2, -0.15) is 0 Å². The Morgan fingerprint density at radius 3 is 3.05 bits per heavy atom. The van der Waals surface area contributed by atoms with Crippen LogP contribution >= 0.6 is 0 Å². The number of nitrogens with two attached hydrogens (primary N) is 1. The summed E-state index contributed by atoms with van der Waals surface area (Å²) in [5, 5.41) is 8.96. The molecule has 5 heteroatoms. The number of aliphatic hydroxyl groups is 1. The van der Waals surface area contributed by atoms with Crippen LogP contribution in [0.5, 0.6) is 0 Å². The van der Waals surface area contributed by atoms with Gasteiger partial charge in [0.05, 0.1) is 5.69 Å². The van der Waals surface area contributed by atoms with Gasteiger partial charge in [0.15, 0.2) is 0 Å². The molecule has 0 aromatic carbocycles. The molecule has 1 unspecified atom stereocenters. The second-order valence-electron chi connectivity index (χ2n) is 5.27. The summed E-state index contributed by atoms with van der Waals surface area (Å²) in [5.74, 6) is 0.492. The molecule has 1 aliphatic heterocycles. The lowest BCUT2D eigenvalue weighted by Crippen LogP contribution is -2.30. The number of hydrogen-bond donors (Lipinski definition) is 2. The number of likely N-dealkylation sites (tertiary alicyclic amines) is 1.